The lowest BCUT2D eigenvalue weighted by Gasteiger charge is -2.23. The third-order valence-electron chi connectivity index (χ3n) is 4.01. The van der Waals surface area contributed by atoms with Crippen molar-refractivity contribution in [3.8, 4) is 0 Å². The standard InChI is InChI=1S/C20H27N3O6S/c1-4-6-7-15(5-2)12-18(23-20(26)27)19(25)13-21-30(28,29)17-10-8-16(9-11-17)22-14(3)24/h4-11,18-19,21,23,25H,1,12-13H2,2-3H3,(H,22,24)(H,26,27)/b7-6-,15-5+. The molecule has 0 aliphatic carbocycles. The van der Waals surface area contributed by atoms with Crippen molar-refractivity contribution in [1.82, 2.24) is 10.0 Å². The van der Waals surface area contributed by atoms with Crippen LogP contribution < -0.4 is 15.4 Å². The van der Waals surface area contributed by atoms with Crippen LogP contribution in [-0.2, 0) is 14.8 Å². The molecule has 0 radical (unpaired) electrons. The van der Waals surface area contributed by atoms with Crippen LogP contribution in [0.4, 0.5) is 10.5 Å². The molecular formula is C20H27N3O6S. The number of sulfonamides is 1. The second-order valence-electron chi connectivity index (χ2n) is 6.34. The number of allylic oxidation sites excluding steroid dienone is 4. The molecule has 0 saturated carbocycles. The van der Waals surface area contributed by atoms with Gasteiger partial charge in [0.25, 0.3) is 0 Å². The Morgan fingerprint density at radius 3 is 2.37 bits per heavy atom. The Morgan fingerprint density at radius 1 is 1.23 bits per heavy atom. The first kappa shape index (κ1) is 25.1. The van der Waals surface area contributed by atoms with E-state index in [4.69, 9.17) is 5.11 Å². The lowest BCUT2D eigenvalue weighted by Crippen LogP contribution is -2.48. The van der Waals surface area contributed by atoms with Gasteiger partial charge < -0.3 is 20.8 Å². The fourth-order valence-electron chi connectivity index (χ4n) is 2.51. The summed E-state index contributed by atoms with van der Waals surface area (Å²) in [5.41, 5.74) is 1.18. The maximum Gasteiger partial charge on any atom is 0.404 e. The molecule has 0 aliphatic rings. The molecule has 1 aromatic carbocycles. The average molecular weight is 438 g/mol. The van der Waals surface area contributed by atoms with Crippen LogP contribution in [0, 0.1) is 0 Å². The average Bonchev–Trinajstić information content (AvgIpc) is 2.68. The third-order valence-corrected chi connectivity index (χ3v) is 5.45. The lowest BCUT2D eigenvalue weighted by atomic mass is 10.0. The predicted molar refractivity (Wildman–Crippen MR) is 115 cm³/mol. The normalized spacial score (nSPS) is 14.2. The van der Waals surface area contributed by atoms with E-state index in [2.05, 4.69) is 21.9 Å². The van der Waals surface area contributed by atoms with Gasteiger partial charge in [-0.2, -0.15) is 0 Å². The van der Waals surface area contributed by atoms with Gasteiger partial charge in [-0.25, -0.2) is 17.9 Å². The Morgan fingerprint density at radius 2 is 1.87 bits per heavy atom. The Bertz CT molecular complexity index is 907. The van der Waals surface area contributed by atoms with Crippen molar-refractivity contribution in [2.75, 3.05) is 11.9 Å². The van der Waals surface area contributed by atoms with Gasteiger partial charge in [-0.05, 0) is 37.6 Å². The molecule has 0 aliphatic heterocycles. The fraction of sp³-hybridized carbons (Fsp3) is 0.300. The van der Waals surface area contributed by atoms with Gasteiger partial charge in [0.1, 0.15) is 0 Å². The van der Waals surface area contributed by atoms with E-state index in [0.717, 1.165) is 5.57 Å². The molecule has 1 aromatic rings. The number of carboxylic acid groups (broad SMARTS) is 1. The highest BCUT2D eigenvalue weighted by Crippen LogP contribution is 2.15. The molecule has 1 rings (SSSR count). The maximum atomic E-state index is 12.5. The molecule has 0 bridgehead atoms. The summed E-state index contributed by atoms with van der Waals surface area (Å²) in [6.45, 7) is 6.26. The number of rotatable bonds is 11. The SMILES string of the molecule is C=C/C=C\C(=C/C)CC(NC(=O)O)C(O)CNS(=O)(=O)c1ccc(NC(C)=O)cc1. The summed E-state index contributed by atoms with van der Waals surface area (Å²) in [5.74, 6) is -0.285. The number of amides is 2. The van der Waals surface area contributed by atoms with Crippen molar-refractivity contribution in [2.45, 2.75) is 37.3 Å². The minimum absolute atomic E-state index is 0.0606. The van der Waals surface area contributed by atoms with E-state index in [-0.39, 0.29) is 17.2 Å². The number of aliphatic hydroxyl groups excluding tert-OH is 1. The zero-order valence-electron chi connectivity index (χ0n) is 16.8. The summed E-state index contributed by atoms with van der Waals surface area (Å²) >= 11 is 0. The summed E-state index contributed by atoms with van der Waals surface area (Å²) in [4.78, 5) is 22.1. The van der Waals surface area contributed by atoms with E-state index < -0.39 is 34.8 Å². The molecule has 30 heavy (non-hydrogen) atoms. The number of carbonyl (C=O) groups excluding carboxylic acids is 1. The van der Waals surface area contributed by atoms with E-state index in [9.17, 15) is 23.1 Å². The highest BCUT2D eigenvalue weighted by atomic mass is 32.2. The first-order valence-corrected chi connectivity index (χ1v) is 10.6. The summed E-state index contributed by atoms with van der Waals surface area (Å²) in [7, 11) is -3.95. The van der Waals surface area contributed by atoms with E-state index in [1.54, 1.807) is 31.2 Å². The molecule has 0 saturated heterocycles. The maximum absolute atomic E-state index is 12.5. The second kappa shape index (κ2) is 11.9. The molecular weight excluding hydrogens is 410 g/mol. The van der Waals surface area contributed by atoms with E-state index in [1.165, 1.54) is 31.2 Å². The van der Waals surface area contributed by atoms with Gasteiger partial charge in [-0.3, -0.25) is 4.79 Å². The van der Waals surface area contributed by atoms with Crippen molar-refractivity contribution < 1.29 is 28.2 Å². The van der Waals surface area contributed by atoms with Crippen LogP contribution in [0.3, 0.4) is 0 Å². The van der Waals surface area contributed by atoms with Gasteiger partial charge in [0, 0.05) is 19.2 Å². The number of anilines is 1. The molecule has 0 heterocycles. The van der Waals surface area contributed by atoms with Crippen LogP contribution in [0.1, 0.15) is 20.3 Å². The number of aliphatic hydroxyl groups is 1. The second-order valence-corrected chi connectivity index (χ2v) is 8.11. The van der Waals surface area contributed by atoms with Crippen LogP contribution in [-0.4, -0.2) is 49.3 Å². The molecule has 2 atom stereocenters. The van der Waals surface area contributed by atoms with E-state index in [0.29, 0.717) is 5.69 Å². The quantitative estimate of drug-likeness (QED) is 0.335. The fourth-order valence-corrected chi connectivity index (χ4v) is 3.56. The number of hydrogen-bond acceptors (Lipinski definition) is 5. The van der Waals surface area contributed by atoms with E-state index >= 15 is 0 Å². The summed E-state index contributed by atoms with van der Waals surface area (Å²) < 4.78 is 27.2. The predicted octanol–water partition coefficient (Wildman–Crippen LogP) is 2.00. The van der Waals surface area contributed by atoms with Crippen molar-refractivity contribution in [1.29, 1.82) is 0 Å². The van der Waals surface area contributed by atoms with E-state index in [1.807, 2.05) is 0 Å². The molecule has 0 aromatic heterocycles. The van der Waals surface area contributed by atoms with Crippen molar-refractivity contribution in [3.05, 3.63) is 60.7 Å². The Balaban J connectivity index is 2.86. The number of nitrogens with one attached hydrogen (secondary N) is 3. The highest BCUT2D eigenvalue weighted by Gasteiger charge is 2.24. The van der Waals surface area contributed by atoms with Crippen LogP contribution >= 0.6 is 0 Å². The lowest BCUT2D eigenvalue weighted by molar-refractivity contribution is -0.114. The van der Waals surface area contributed by atoms with Gasteiger partial charge in [-0.1, -0.05) is 36.5 Å². The molecule has 0 spiro atoms. The minimum atomic E-state index is -3.95. The monoisotopic (exact) mass is 437 g/mol. The van der Waals surface area contributed by atoms with Gasteiger partial charge >= 0.3 is 6.09 Å². The first-order chi connectivity index (χ1) is 14.1. The summed E-state index contributed by atoms with van der Waals surface area (Å²) in [6.07, 6.45) is 4.21. The first-order valence-electron chi connectivity index (χ1n) is 9.08. The van der Waals surface area contributed by atoms with Gasteiger partial charge in [0.2, 0.25) is 15.9 Å². The summed E-state index contributed by atoms with van der Waals surface area (Å²) in [5, 5.41) is 24.2. The van der Waals surface area contributed by atoms with Gasteiger partial charge in [0.05, 0.1) is 17.0 Å². The minimum Gasteiger partial charge on any atom is -0.465 e. The van der Waals surface area contributed by atoms with Crippen molar-refractivity contribution in [3.63, 3.8) is 0 Å². The van der Waals surface area contributed by atoms with Crippen LogP contribution in [0.25, 0.3) is 0 Å². The molecule has 9 nitrogen and oxygen atoms in total. The smallest absolute Gasteiger partial charge is 0.404 e. The highest BCUT2D eigenvalue weighted by molar-refractivity contribution is 7.89. The van der Waals surface area contributed by atoms with Crippen LogP contribution in [0.5, 0.6) is 0 Å². The molecule has 0 fully saturated rings. The van der Waals surface area contributed by atoms with Gasteiger partial charge in [0.15, 0.2) is 0 Å². The summed E-state index contributed by atoms with van der Waals surface area (Å²) in [6, 6.07) is 4.56. The molecule has 5 N–H and O–H groups in total. The van der Waals surface area contributed by atoms with Crippen LogP contribution in [0.15, 0.2) is 65.6 Å². The van der Waals surface area contributed by atoms with Crippen molar-refractivity contribution >= 4 is 27.7 Å². The zero-order valence-corrected chi connectivity index (χ0v) is 17.6. The van der Waals surface area contributed by atoms with Crippen molar-refractivity contribution in [2.24, 2.45) is 0 Å². The topological polar surface area (TPSA) is 145 Å². The Hall–Kier alpha value is -2.95. The molecule has 2 amide bonds. The molecule has 2 unspecified atom stereocenters. The number of benzene rings is 1. The molecule has 10 heteroatoms. The van der Waals surface area contributed by atoms with Gasteiger partial charge in [-0.15, -0.1) is 0 Å². The Kier molecular flexibility index (Phi) is 9.96. The third kappa shape index (κ3) is 8.60. The van der Waals surface area contributed by atoms with Crippen LogP contribution in [0.2, 0.25) is 0 Å². The largest absolute Gasteiger partial charge is 0.465 e. The molecule has 164 valence electrons. The number of hydrogen-bond donors (Lipinski definition) is 5. The number of carbonyl (C=O) groups is 2. The Labute approximate surface area is 176 Å². The zero-order chi connectivity index (χ0) is 22.7.